The number of carbonyl (C=O) groups excluding carboxylic acids is 2. The topological polar surface area (TPSA) is 69.6 Å². The smallest absolute Gasteiger partial charge is 0.252 e. The second-order valence-corrected chi connectivity index (χ2v) is 4.12. The molecule has 106 valence electrons. The van der Waals surface area contributed by atoms with E-state index in [-0.39, 0.29) is 23.6 Å². The minimum absolute atomic E-state index is 0.152. The van der Waals surface area contributed by atoms with Gasteiger partial charge in [-0.2, -0.15) is 0 Å². The Morgan fingerprint density at radius 2 is 2.10 bits per heavy atom. The molecule has 0 atom stereocenters. The molecule has 0 aliphatic heterocycles. The molecule has 0 saturated heterocycles. The van der Waals surface area contributed by atoms with Crippen LogP contribution in [0.4, 0.5) is 4.39 Å². The van der Waals surface area contributed by atoms with Crippen LogP contribution >= 0.6 is 0 Å². The molecule has 0 spiro atoms. The fourth-order valence-electron chi connectivity index (χ4n) is 1.36. The summed E-state index contributed by atoms with van der Waals surface area (Å²) in [5.74, 6) is 3.53. The highest BCUT2D eigenvalue weighted by Crippen LogP contribution is 2.10. The Balaban J connectivity index is 2.90. The molecule has 0 radical (unpaired) electrons. The monoisotopic (exact) mass is 278 g/mol. The summed E-state index contributed by atoms with van der Waals surface area (Å²) in [6.45, 7) is -0.549. The SMILES string of the molecule is CN(C)C(=O)CNC(=O)c1ccc(F)cc1C#CCO. The summed E-state index contributed by atoms with van der Waals surface area (Å²) >= 11 is 0. The first-order valence-electron chi connectivity index (χ1n) is 5.83. The molecule has 6 heteroatoms. The van der Waals surface area contributed by atoms with Crippen molar-refractivity contribution in [3.63, 3.8) is 0 Å². The number of aliphatic hydroxyl groups excluding tert-OH is 1. The maximum Gasteiger partial charge on any atom is 0.252 e. The molecule has 5 nitrogen and oxygen atoms in total. The maximum atomic E-state index is 13.1. The third-order valence-electron chi connectivity index (χ3n) is 2.43. The van der Waals surface area contributed by atoms with Crippen LogP contribution in [0.2, 0.25) is 0 Å². The molecule has 0 fully saturated rings. The molecule has 1 rings (SSSR count). The van der Waals surface area contributed by atoms with Crippen molar-refractivity contribution in [2.75, 3.05) is 27.2 Å². The lowest BCUT2D eigenvalue weighted by Gasteiger charge is -2.11. The van der Waals surface area contributed by atoms with Gasteiger partial charge in [-0.1, -0.05) is 11.8 Å². The van der Waals surface area contributed by atoms with Crippen LogP contribution in [0.3, 0.4) is 0 Å². The Kier molecular flexibility index (Phi) is 5.69. The second kappa shape index (κ2) is 7.26. The fraction of sp³-hybridized carbons (Fsp3) is 0.286. The van der Waals surface area contributed by atoms with Crippen LogP contribution in [0.5, 0.6) is 0 Å². The van der Waals surface area contributed by atoms with Crippen LogP contribution in [0.1, 0.15) is 15.9 Å². The van der Waals surface area contributed by atoms with Crippen molar-refractivity contribution in [1.29, 1.82) is 0 Å². The van der Waals surface area contributed by atoms with E-state index in [1.54, 1.807) is 14.1 Å². The van der Waals surface area contributed by atoms with Crippen LogP contribution in [0.25, 0.3) is 0 Å². The molecule has 1 aromatic rings. The van der Waals surface area contributed by atoms with E-state index in [9.17, 15) is 14.0 Å². The van der Waals surface area contributed by atoms with Crippen molar-refractivity contribution in [2.45, 2.75) is 0 Å². The standard InChI is InChI=1S/C14H15FN2O3/c1-17(2)13(19)9-16-14(20)12-6-5-11(15)8-10(12)4-3-7-18/h5-6,8,18H,7,9H2,1-2H3,(H,16,20). The van der Waals surface area contributed by atoms with Gasteiger partial charge in [0.25, 0.3) is 5.91 Å². The Bertz CT molecular complexity index is 574. The summed E-state index contributed by atoms with van der Waals surface area (Å²) in [4.78, 5) is 24.7. The van der Waals surface area contributed by atoms with E-state index >= 15 is 0 Å². The lowest BCUT2D eigenvalue weighted by molar-refractivity contribution is -0.127. The van der Waals surface area contributed by atoms with Crippen LogP contribution in [-0.4, -0.2) is 49.1 Å². The molecule has 1 aromatic carbocycles. The number of nitrogens with zero attached hydrogens (tertiary/aromatic N) is 1. The summed E-state index contributed by atoms with van der Waals surface area (Å²) in [5.41, 5.74) is 0.313. The van der Waals surface area contributed by atoms with Crippen molar-refractivity contribution in [1.82, 2.24) is 10.2 Å². The van der Waals surface area contributed by atoms with E-state index in [2.05, 4.69) is 17.2 Å². The average molecular weight is 278 g/mol. The van der Waals surface area contributed by atoms with E-state index in [0.29, 0.717) is 0 Å². The summed E-state index contributed by atoms with van der Waals surface area (Å²) in [5, 5.41) is 11.1. The summed E-state index contributed by atoms with van der Waals surface area (Å²) in [7, 11) is 3.15. The number of benzene rings is 1. The first-order chi connectivity index (χ1) is 9.45. The zero-order valence-corrected chi connectivity index (χ0v) is 11.2. The molecule has 0 aliphatic carbocycles. The third kappa shape index (κ3) is 4.37. The van der Waals surface area contributed by atoms with E-state index in [1.807, 2.05) is 0 Å². The summed E-state index contributed by atoms with van der Waals surface area (Å²) < 4.78 is 13.1. The number of amides is 2. The minimum atomic E-state index is -0.534. The van der Waals surface area contributed by atoms with Gasteiger partial charge in [0.1, 0.15) is 12.4 Å². The number of rotatable bonds is 3. The Morgan fingerprint density at radius 3 is 2.70 bits per heavy atom. The van der Waals surface area contributed by atoms with Gasteiger partial charge >= 0.3 is 0 Å². The summed E-state index contributed by atoms with van der Waals surface area (Å²) in [6.07, 6.45) is 0. The van der Waals surface area contributed by atoms with Gasteiger partial charge < -0.3 is 15.3 Å². The molecular formula is C14H15FN2O3. The highest BCUT2D eigenvalue weighted by Gasteiger charge is 2.13. The molecule has 2 N–H and O–H groups in total. The Hall–Kier alpha value is -2.39. The van der Waals surface area contributed by atoms with Crippen LogP contribution in [0, 0.1) is 17.7 Å². The largest absolute Gasteiger partial charge is 0.384 e. The Morgan fingerprint density at radius 1 is 1.40 bits per heavy atom. The minimum Gasteiger partial charge on any atom is -0.384 e. The van der Waals surface area contributed by atoms with Crippen LogP contribution in [-0.2, 0) is 4.79 Å². The molecule has 0 saturated carbocycles. The fourth-order valence-corrected chi connectivity index (χ4v) is 1.36. The van der Waals surface area contributed by atoms with E-state index in [1.165, 1.54) is 11.0 Å². The number of nitrogens with one attached hydrogen (secondary N) is 1. The molecule has 0 aromatic heterocycles. The van der Waals surface area contributed by atoms with Crippen molar-refractivity contribution in [3.8, 4) is 11.8 Å². The quantitative estimate of drug-likeness (QED) is 0.764. The predicted octanol–water partition coefficient (Wildman–Crippen LogP) is -0.0125. The number of likely N-dealkylation sites (N-methyl/N-ethyl adjacent to an activating group) is 1. The molecular weight excluding hydrogens is 263 g/mol. The van der Waals surface area contributed by atoms with Crippen molar-refractivity contribution in [2.24, 2.45) is 0 Å². The predicted molar refractivity (Wildman–Crippen MR) is 71.4 cm³/mol. The maximum absolute atomic E-state index is 13.1. The zero-order chi connectivity index (χ0) is 15.1. The molecule has 0 heterocycles. The number of carbonyl (C=O) groups is 2. The zero-order valence-electron chi connectivity index (χ0n) is 11.2. The number of hydrogen-bond acceptors (Lipinski definition) is 3. The number of halogens is 1. The second-order valence-electron chi connectivity index (χ2n) is 4.12. The van der Waals surface area contributed by atoms with Crippen molar-refractivity contribution < 1.29 is 19.1 Å². The van der Waals surface area contributed by atoms with Crippen molar-refractivity contribution in [3.05, 3.63) is 35.1 Å². The normalized spacial score (nSPS) is 9.40. The third-order valence-corrected chi connectivity index (χ3v) is 2.43. The lowest BCUT2D eigenvalue weighted by Crippen LogP contribution is -2.36. The van der Waals surface area contributed by atoms with E-state index in [4.69, 9.17) is 5.11 Å². The first kappa shape index (κ1) is 15.7. The lowest BCUT2D eigenvalue weighted by atomic mass is 10.1. The van der Waals surface area contributed by atoms with Gasteiger partial charge in [0.15, 0.2) is 0 Å². The highest BCUT2D eigenvalue weighted by molar-refractivity contribution is 5.98. The van der Waals surface area contributed by atoms with Gasteiger partial charge in [-0.25, -0.2) is 4.39 Å². The van der Waals surface area contributed by atoms with Crippen molar-refractivity contribution >= 4 is 11.8 Å². The molecule has 0 unspecified atom stereocenters. The first-order valence-corrected chi connectivity index (χ1v) is 5.83. The van der Waals surface area contributed by atoms with Gasteiger partial charge in [0.05, 0.1) is 12.1 Å². The van der Waals surface area contributed by atoms with Gasteiger partial charge in [-0.05, 0) is 18.2 Å². The van der Waals surface area contributed by atoms with Gasteiger partial charge in [0, 0.05) is 19.7 Å². The van der Waals surface area contributed by atoms with Crippen LogP contribution in [0.15, 0.2) is 18.2 Å². The highest BCUT2D eigenvalue weighted by atomic mass is 19.1. The van der Waals surface area contributed by atoms with E-state index in [0.717, 1.165) is 12.1 Å². The molecule has 0 bridgehead atoms. The average Bonchev–Trinajstić information content (AvgIpc) is 2.42. The van der Waals surface area contributed by atoms with Gasteiger partial charge in [-0.15, -0.1) is 0 Å². The summed E-state index contributed by atoms with van der Waals surface area (Å²) in [6, 6.07) is 3.52. The molecule has 0 aliphatic rings. The van der Waals surface area contributed by atoms with Crippen LogP contribution < -0.4 is 5.32 Å². The molecule has 2 amide bonds. The van der Waals surface area contributed by atoms with Gasteiger partial charge in [-0.3, -0.25) is 9.59 Å². The Labute approximate surface area is 116 Å². The molecule has 20 heavy (non-hydrogen) atoms. The number of hydrogen-bond donors (Lipinski definition) is 2. The van der Waals surface area contributed by atoms with Gasteiger partial charge in [0.2, 0.25) is 5.91 Å². The van der Waals surface area contributed by atoms with E-state index < -0.39 is 18.3 Å². The number of aliphatic hydroxyl groups is 1.